The number of nitrogens with one attached hydrogen (secondary N) is 1. The molecule has 0 aromatic heterocycles. The molecule has 0 aromatic carbocycles. The molecule has 0 fully saturated rings. The van der Waals surface area contributed by atoms with Crippen molar-refractivity contribution in [3.8, 4) is 0 Å². The summed E-state index contributed by atoms with van der Waals surface area (Å²) in [7, 11) is 0.0272. The van der Waals surface area contributed by atoms with Gasteiger partial charge in [0.05, 0.1) is 9.68 Å². The summed E-state index contributed by atoms with van der Waals surface area (Å²) in [6.07, 6.45) is 2.61. The summed E-state index contributed by atoms with van der Waals surface area (Å²) < 4.78 is 0. The first-order valence-electron chi connectivity index (χ1n) is 4.44. The minimum absolute atomic E-state index is 0.0272. The Labute approximate surface area is 67.5 Å². The molecule has 2 unspecified atom stereocenters. The van der Waals surface area contributed by atoms with Crippen molar-refractivity contribution in [1.29, 1.82) is 0 Å². The summed E-state index contributed by atoms with van der Waals surface area (Å²) >= 11 is 0. The van der Waals surface area contributed by atoms with Crippen molar-refractivity contribution in [2.24, 2.45) is 0 Å². The van der Waals surface area contributed by atoms with Crippen molar-refractivity contribution in [3.63, 3.8) is 0 Å². The summed E-state index contributed by atoms with van der Waals surface area (Å²) in [5.74, 6) is 0. The molecule has 0 radical (unpaired) electrons. The monoisotopic (exact) mass is 159 g/mol. The van der Waals surface area contributed by atoms with Crippen LogP contribution in [-0.2, 0) is 0 Å². The van der Waals surface area contributed by atoms with Crippen molar-refractivity contribution in [1.82, 2.24) is 4.98 Å². The fourth-order valence-corrected chi connectivity index (χ4v) is 2.07. The molecular weight excluding hydrogens is 138 g/mol. The van der Waals surface area contributed by atoms with E-state index in [1.54, 1.807) is 0 Å². The highest BCUT2D eigenvalue weighted by Gasteiger charge is 2.01. The van der Waals surface area contributed by atoms with Crippen molar-refractivity contribution in [2.45, 2.75) is 52.1 Å². The Morgan fingerprint density at radius 2 is 1.80 bits per heavy atom. The second kappa shape index (κ2) is 5.92. The van der Waals surface area contributed by atoms with Crippen LogP contribution in [-0.4, -0.2) is 15.7 Å². The van der Waals surface area contributed by atoms with Gasteiger partial charge < -0.3 is 4.98 Å². The third-order valence-corrected chi connectivity index (χ3v) is 4.33. The molecule has 0 aromatic rings. The molecule has 1 nitrogen and oxygen atoms in total. The van der Waals surface area contributed by atoms with Gasteiger partial charge in [-0.2, -0.15) is 0 Å². The van der Waals surface area contributed by atoms with Gasteiger partial charge in [-0.05, 0) is 18.0 Å². The fraction of sp³-hybridized carbons (Fsp3) is 1.00. The van der Waals surface area contributed by atoms with Crippen molar-refractivity contribution in [3.05, 3.63) is 0 Å². The molecule has 0 aliphatic heterocycles. The smallest absolute Gasteiger partial charge is 0.0947 e. The van der Waals surface area contributed by atoms with Gasteiger partial charge in [0, 0.05) is 0 Å². The van der Waals surface area contributed by atoms with Gasteiger partial charge in [-0.15, -0.1) is 0 Å². The van der Waals surface area contributed by atoms with Gasteiger partial charge in [0.1, 0.15) is 0 Å². The van der Waals surface area contributed by atoms with Gasteiger partial charge in [-0.1, -0.05) is 34.1 Å². The molecule has 0 rings (SSSR count). The van der Waals surface area contributed by atoms with E-state index in [9.17, 15) is 0 Å². The Morgan fingerprint density at radius 1 is 1.20 bits per heavy atom. The van der Waals surface area contributed by atoms with Gasteiger partial charge in [0.15, 0.2) is 0 Å². The Hall–Kier alpha value is 0.177. The second-order valence-corrected chi connectivity index (χ2v) is 5.44. The highest BCUT2D eigenvalue weighted by atomic mass is 28.2. The molecule has 0 amide bonds. The minimum atomic E-state index is 0.0272. The van der Waals surface area contributed by atoms with Crippen LogP contribution in [0.2, 0.25) is 5.54 Å². The first-order valence-corrected chi connectivity index (χ1v) is 5.96. The Morgan fingerprint density at radius 3 is 2.20 bits per heavy atom. The van der Waals surface area contributed by atoms with Gasteiger partial charge in [-0.3, -0.25) is 0 Å². The first-order chi connectivity index (χ1) is 4.70. The van der Waals surface area contributed by atoms with E-state index in [-0.39, 0.29) is 9.68 Å². The lowest BCUT2D eigenvalue weighted by Gasteiger charge is -2.13. The highest BCUT2D eigenvalue weighted by Crippen LogP contribution is 2.03. The second-order valence-electron chi connectivity index (χ2n) is 3.23. The Bertz CT molecular complexity index is 65.7. The van der Waals surface area contributed by atoms with Crippen molar-refractivity contribution >= 4 is 9.68 Å². The lowest BCUT2D eigenvalue weighted by atomic mass is 10.3. The molecule has 62 valence electrons. The van der Waals surface area contributed by atoms with Gasteiger partial charge >= 0.3 is 0 Å². The zero-order valence-electron chi connectivity index (χ0n) is 7.78. The predicted molar refractivity (Wildman–Crippen MR) is 51.1 cm³/mol. The van der Waals surface area contributed by atoms with E-state index in [4.69, 9.17) is 0 Å². The summed E-state index contributed by atoms with van der Waals surface area (Å²) in [6.45, 7) is 9.13. The van der Waals surface area contributed by atoms with E-state index in [1.807, 2.05) is 0 Å². The molecule has 2 atom stereocenters. The lowest BCUT2D eigenvalue weighted by molar-refractivity contribution is 0.646. The maximum absolute atomic E-state index is 3.62. The van der Waals surface area contributed by atoms with E-state index in [1.165, 1.54) is 12.8 Å². The summed E-state index contributed by atoms with van der Waals surface area (Å²) in [5.41, 5.74) is 0.967. The zero-order valence-corrected chi connectivity index (χ0v) is 9.19. The topological polar surface area (TPSA) is 12.0 Å². The van der Waals surface area contributed by atoms with E-state index >= 15 is 0 Å². The van der Waals surface area contributed by atoms with Crippen LogP contribution in [0, 0.1) is 0 Å². The van der Waals surface area contributed by atoms with Crippen LogP contribution in [0.15, 0.2) is 0 Å². The third kappa shape index (κ3) is 5.00. The summed E-state index contributed by atoms with van der Waals surface area (Å²) in [4.78, 5) is 3.62. The largest absolute Gasteiger partial charge is 0.340 e. The van der Waals surface area contributed by atoms with E-state index in [0.29, 0.717) is 0 Å². The van der Waals surface area contributed by atoms with Gasteiger partial charge in [-0.25, -0.2) is 0 Å². The Balaban J connectivity index is 3.17. The maximum Gasteiger partial charge on any atom is 0.0947 e. The quantitative estimate of drug-likeness (QED) is 0.602. The van der Waals surface area contributed by atoms with Crippen LogP contribution in [0.1, 0.15) is 40.5 Å². The molecule has 0 bridgehead atoms. The van der Waals surface area contributed by atoms with Gasteiger partial charge in [0.25, 0.3) is 0 Å². The summed E-state index contributed by atoms with van der Waals surface area (Å²) in [5, 5.41) is 0. The number of rotatable bonds is 5. The highest BCUT2D eigenvalue weighted by molar-refractivity contribution is 6.34. The zero-order chi connectivity index (χ0) is 7.98. The first kappa shape index (κ1) is 10.2. The molecule has 1 N–H and O–H groups in total. The van der Waals surface area contributed by atoms with Crippen LogP contribution in [0.5, 0.6) is 0 Å². The van der Waals surface area contributed by atoms with Crippen LogP contribution in [0.25, 0.3) is 0 Å². The maximum atomic E-state index is 3.62. The molecule has 0 spiro atoms. The van der Waals surface area contributed by atoms with Crippen LogP contribution >= 0.6 is 0 Å². The van der Waals surface area contributed by atoms with Gasteiger partial charge in [0.2, 0.25) is 0 Å². The van der Waals surface area contributed by atoms with E-state index < -0.39 is 0 Å². The molecule has 0 aliphatic carbocycles. The van der Waals surface area contributed by atoms with Crippen LogP contribution in [0.4, 0.5) is 0 Å². The van der Waals surface area contributed by atoms with Crippen LogP contribution in [0.3, 0.4) is 0 Å². The number of hydrogen-bond donors (Lipinski definition) is 1. The normalized spacial score (nSPS) is 18.0. The molecule has 0 saturated heterocycles. The molecule has 0 saturated carbocycles. The molecular formula is C8H21NSi. The summed E-state index contributed by atoms with van der Waals surface area (Å²) in [6, 6.07) is 0.751. The molecule has 2 heteroatoms. The predicted octanol–water partition coefficient (Wildman–Crippen LogP) is 1.68. The standard InChI is InChI=1S/C8H21NSi/c1-5-7(3)9-10-8(4)6-2/h7-9H,5-6,10H2,1-4H3. The number of hydrogen-bond acceptors (Lipinski definition) is 1. The molecule has 0 aliphatic rings. The molecule has 10 heavy (non-hydrogen) atoms. The fourth-order valence-electron chi connectivity index (χ4n) is 0.691. The van der Waals surface area contributed by atoms with Crippen LogP contribution < -0.4 is 4.98 Å². The van der Waals surface area contributed by atoms with Crippen molar-refractivity contribution < 1.29 is 0 Å². The minimum Gasteiger partial charge on any atom is -0.340 e. The molecule has 0 heterocycles. The SMILES string of the molecule is CCC(C)N[SiH2]C(C)CC. The average Bonchev–Trinajstić information content (AvgIpc) is 1.99. The lowest BCUT2D eigenvalue weighted by Crippen LogP contribution is -2.30. The Kier molecular flexibility index (Phi) is 6.03. The third-order valence-electron chi connectivity index (χ3n) is 2.12. The van der Waals surface area contributed by atoms with E-state index in [2.05, 4.69) is 32.7 Å². The van der Waals surface area contributed by atoms with E-state index in [0.717, 1.165) is 11.6 Å². The van der Waals surface area contributed by atoms with Crippen molar-refractivity contribution in [2.75, 3.05) is 0 Å². The average molecular weight is 159 g/mol.